The molecule has 1 aromatic carbocycles. The average Bonchev–Trinajstić information content (AvgIpc) is 2.62. The lowest BCUT2D eigenvalue weighted by molar-refractivity contribution is -0.145. The van der Waals surface area contributed by atoms with Crippen molar-refractivity contribution in [3.63, 3.8) is 0 Å². The topological polar surface area (TPSA) is 89.9 Å². The van der Waals surface area contributed by atoms with Crippen LogP contribution in [-0.2, 0) is 9.53 Å². The van der Waals surface area contributed by atoms with E-state index in [1.165, 1.54) is 18.6 Å². The second kappa shape index (κ2) is 9.04. The maximum absolute atomic E-state index is 11.8. The first-order valence-corrected chi connectivity index (χ1v) is 7.31. The highest BCUT2D eigenvalue weighted by molar-refractivity contribution is 5.94. The van der Waals surface area contributed by atoms with Crippen LogP contribution >= 0.6 is 0 Å². The number of rotatable bonds is 7. The van der Waals surface area contributed by atoms with E-state index in [0.717, 1.165) is 5.56 Å². The van der Waals surface area contributed by atoms with Gasteiger partial charge in [-0.25, -0.2) is 10.2 Å². The molecule has 0 unspecified atom stereocenters. The van der Waals surface area contributed by atoms with Gasteiger partial charge >= 0.3 is 5.97 Å². The van der Waals surface area contributed by atoms with Crippen LogP contribution in [0.2, 0.25) is 0 Å². The Morgan fingerprint density at radius 3 is 2.54 bits per heavy atom. The van der Waals surface area contributed by atoms with E-state index in [0.29, 0.717) is 17.9 Å². The van der Waals surface area contributed by atoms with Crippen molar-refractivity contribution in [3.8, 4) is 5.75 Å². The van der Waals surface area contributed by atoms with Crippen LogP contribution in [0.1, 0.15) is 22.8 Å². The number of hydrazone groups is 1. The monoisotopic (exact) mass is 327 g/mol. The Bertz CT molecular complexity index is 700. The highest BCUT2D eigenvalue weighted by Crippen LogP contribution is 2.11. The van der Waals surface area contributed by atoms with Gasteiger partial charge in [0.1, 0.15) is 5.75 Å². The van der Waals surface area contributed by atoms with Crippen LogP contribution < -0.4 is 10.2 Å². The zero-order valence-corrected chi connectivity index (χ0v) is 13.1. The molecule has 0 radical (unpaired) electrons. The van der Waals surface area contributed by atoms with Gasteiger partial charge in [-0.2, -0.15) is 5.10 Å². The molecule has 2 rings (SSSR count). The van der Waals surface area contributed by atoms with Gasteiger partial charge in [0.2, 0.25) is 0 Å². The number of hydrogen-bond donors (Lipinski definition) is 1. The van der Waals surface area contributed by atoms with Gasteiger partial charge in [-0.1, -0.05) is 0 Å². The van der Waals surface area contributed by atoms with Gasteiger partial charge in [0.15, 0.2) is 6.61 Å². The number of pyridine rings is 1. The number of benzene rings is 1. The molecule has 0 aliphatic carbocycles. The Hall–Kier alpha value is -3.22. The number of carbonyl (C=O) groups excluding carboxylic acids is 2. The summed E-state index contributed by atoms with van der Waals surface area (Å²) in [6.07, 6.45) is 4.58. The molecule has 1 N–H and O–H groups in total. The fourth-order valence-corrected chi connectivity index (χ4v) is 1.73. The van der Waals surface area contributed by atoms with Crippen molar-refractivity contribution >= 4 is 18.1 Å². The number of hydrogen-bond acceptors (Lipinski definition) is 6. The van der Waals surface area contributed by atoms with Gasteiger partial charge in [0.25, 0.3) is 5.91 Å². The van der Waals surface area contributed by atoms with Crippen molar-refractivity contribution in [2.24, 2.45) is 5.10 Å². The minimum atomic E-state index is -0.415. The predicted molar refractivity (Wildman–Crippen MR) is 87.9 cm³/mol. The maximum atomic E-state index is 11.8. The molecule has 1 heterocycles. The van der Waals surface area contributed by atoms with E-state index in [9.17, 15) is 9.59 Å². The third-order valence-corrected chi connectivity index (χ3v) is 2.86. The summed E-state index contributed by atoms with van der Waals surface area (Å²) < 4.78 is 10.1. The number of esters is 1. The zero-order valence-electron chi connectivity index (χ0n) is 13.1. The van der Waals surface area contributed by atoms with Crippen molar-refractivity contribution in [1.29, 1.82) is 0 Å². The SMILES string of the molecule is CCOC(=O)COc1ccc(/C=N/NC(=O)c2ccncc2)cc1. The summed E-state index contributed by atoms with van der Waals surface area (Å²) in [5.41, 5.74) is 3.67. The number of nitrogens with one attached hydrogen (secondary N) is 1. The van der Waals surface area contributed by atoms with Crippen molar-refractivity contribution in [3.05, 3.63) is 59.9 Å². The number of amides is 1. The second-order valence-electron chi connectivity index (χ2n) is 4.60. The van der Waals surface area contributed by atoms with Crippen LogP contribution in [0, 0.1) is 0 Å². The average molecular weight is 327 g/mol. The number of aromatic nitrogens is 1. The summed E-state index contributed by atoms with van der Waals surface area (Å²) in [6, 6.07) is 10.1. The summed E-state index contributed by atoms with van der Waals surface area (Å²) in [5, 5.41) is 3.89. The number of nitrogens with zero attached hydrogens (tertiary/aromatic N) is 2. The van der Waals surface area contributed by atoms with Gasteiger partial charge in [-0.05, 0) is 48.9 Å². The first-order chi connectivity index (χ1) is 11.7. The van der Waals surface area contributed by atoms with Crippen LogP contribution in [-0.4, -0.2) is 36.3 Å². The lowest BCUT2D eigenvalue weighted by Crippen LogP contribution is -2.17. The fraction of sp³-hybridized carbons (Fsp3) is 0.176. The summed E-state index contributed by atoms with van der Waals surface area (Å²) in [6.45, 7) is 1.92. The van der Waals surface area contributed by atoms with E-state index in [4.69, 9.17) is 9.47 Å². The van der Waals surface area contributed by atoms with Crippen molar-refractivity contribution in [2.75, 3.05) is 13.2 Å². The Morgan fingerprint density at radius 2 is 1.88 bits per heavy atom. The van der Waals surface area contributed by atoms with Gasteiger partial charge in [-0.15, -0.1) is 0 Å². The molecule has 1 aromatic heterocycles. The highest BCUT2D eigenvalue weighted by atomic mass is 16.6. The van der Waals surface area contributed by atoms with Crippen LogP contribution in [0.5, 0.6) is 5.75 Å². The molecule has 1 amide bonds. The largest absolute Gasteiger partial charge is 0.482 e. The molecule has 0 aliphatic rings. The van der Waals surface area contributed by atoms with E-state index >= 15 is 0 Å². The van der Waals surface area contributed by atoms with Crippen molar-refractivity contribution in [1.82, 2.24) is 10.4 Å². The van der Waals surface area contributed by atoms with Crippen molar-refractivity contribution < 1.29 is 19.1 Å². The van der Waals surface area contributed by atoms with Crippen molar-refractivity contribution in [2.45, 2.75) is 6.92 Å². The Morgan fingerprint density at radius 1 is 1.17 bits per heavy atom. The summed E-state index contributed by atoms with van der Waals surface area (Å²) in [5.74, 6) is -0.189. The molecule has 0 saturated heterocycles. The summed E-state index contributed by atoms with van der Waals surface area (Å²) >= 11 is 0. The molecular weight excluding hydrogens is 310 g/mol. The minimum absolute atomic E-state index is 0.136. The summed E-state index contributed by atoms with van der Waals surface area (Å²) in [4.78, 5) is 26.8. The van der Waals surface area contributed by atoms with E-state index in [-0.39, 0.29) is 12.5 Å². The standard InChI is InChI=1S/C17H17N3O4/c1-2-23-16(21)12-24-15-5-3-13(4-6-15)11-19-20-17(22)14-7-9-18-10-8-14/h3-11H,2,12H2,1H3,(H,20,22)/b19-11+. The first-order valence-electron chi connectivity index (χ1n) is 7.31. The van der Waals surface area contributed by atoms with Crippen LogP contribution in [0.3, 0.4) is 0 Å². The highest BCUT2D eigenvalue weighted by Gasteiger charge is 2.03. The molecule has 0 saturated carbocycles. The van der Waals surface area contributed by atoms with Gasteiger partial charge < -0.3 is 9.47 Å². The Labute approximate surface area is 139 Å². The Balaban J connectivity index is 1.83. The molecule has 0 fully saturated rings. The first kappa shape index (κ1) is 17.1. The van der Waals surface area contributed by atoms with E-state index < -0.39 is 5.97 Å². The quantitative estimate of drug-likeness (QED) is 0.476. The van der Waals surface area contributed by atoms with E-state index in [2.05, 4.69) is 15.5 Å². The molecule has 2 aromatic rings. The number of carbonyl (C=O) groups is 2. The van der Waals surface area contributed by atoms with Crippen LogP contribution in [0.15, 0.2) is 53.9 Å². The summed E-state index contributed by atoms with van der Waals surface area (Å²) in [7, 11) is 0. The van der Waals surface area contributed by atoms with E-state index in [1.807, 2.05) is 0 Å². The van der Waals surface area contributed by atoms with Crippen LogP contribution in [0.4, 0.5) is 0 Å². The number of ether oxygens (including phenoxy) is 2. The van der Waals surface area contributed by atoms with Crippen LogP contribution in [0.25, 0.3) is 0 Å². The molecule has 124 valence electrons. The molecule has 0 aliphatic heterocycles. The molecule has 0 bridgehead atoms. The molecule has 7 nitrogen and oxygen atoms in total. The fourth-order valence-electron chi connectivity index (χ4n) is 1.73. The Kier molecular flexibility index (Phi) is 6.46. The molecule has 0 atom stereocenters. The predicted octanol–water partition coefficient (Wildman–Crippen LogP) is 1.79. The smallest absolute Gasteiger partial charge is 0.344 e. The lowest BCUT2D eigenvalue weighted by Gasteiger charge is -2.05. The van der Waals surface area contributed by atoms with Gasteiger partial charge in [0, 0.05) is 18.0 Å². The maximum Gasteiger partial charge on any atom is 0.344 e. The molecular formula is C17H17N3O4. The second-order valence-corrected chi connectivity index (χ2v) is 4.60. The molecule has 7 heteroatoms. The van der Waals surface area contributed by atoms with Gasteiger partial charge in [-0.3, -0.25) is 9.78 Å². The third-order valence-electron chi connectivity index (χ3n) is 2.86. The third kappa shape index (κ3) is 5.53. The van der Waals surface area contributed by atoms with E-state index in [1.54, 1.807) is 43.3 Å². The minimum Gasteiger partial charge on any atom is -0.482 e. The zero-order chi connectivity index (χ0) is 17.2. The lowest BCUT2D eigenvalue weighted by atomic mass is 10.2. The molecule has 0 spiro atoms. The normalized spacial score (nSPS) is 10.4. The molecule has 24 heavy (non-hydrogen) atoms. The van der Waals surface area contributed by atoms with Gasteiger partial charge in [0.05, 0.1) is 12.8 Å².